The molecule has 24 heavy (non-hydrogen) atoms. The van der Waals surface area contributed by atoms with Crippen LogP contribution in [-0.4, -0.2) is 33.0 Å². The molecule has 0 aliphatic heterocycles. The van der Waals surface area contributed by atoms with E-state index in [1.165, 1.54) is 0 Å². The van der Waals surface area contributed by atoms with Crippen molar-refractivity contribution in [3.63, 3.8) is 0 Å². The molecule has 0 bridgehead atoms. The first-order valence-corrected chi connectivity index (χ1v) is 7.99. The molecule has 0 heterocycles. The van der Waals surface area contributed by atoms with Gasteiger partial charge < -0.3 is 19.1 Å². The highest BCUT2D eigenvalue weighted by Crippen LogP contribution is 2.21. The van der Waals surface area contributed by atoms with Crippen molar-refractivity contribution >= 4 is 23.4 Å². The third kappa shape index (κ3) is 5.35. The van der Waals surface area contributed by atoms with Gasteiger partial charge >= 0.3 is 6.16 Å². The SMILES string of the molecule is CCN(CCOC(=O)Oc1cccc(Cl)c1)c1cccc(OC)c1. The molecule has 0 saturated carbocycles. The molecule has 0 aromatic heterocycles. The summed E-state index contributed by atoms with van der Waals surface area (Å²) in [6.07, 6.45) is -0.751. The van der Waals surface area contributed by atoms with Crippen LogP contribution in [0, 0.1) is 0 Å². The summed E-state index contributed by atoms with van der Waals surface area (Å²) in [5.41, 5.74) is 1.00. The first-order chi connectivity index (χ1) is 11.6. The highest BCUT2D eigenvalue weighted by Gasteiger charge is 2.09. The molecule has 0 atom stereocenters. The molecule has 0 aliphatic rings. The van der Waals surface area contributed by atoms with Crippen molar-refractivity contribution in [2.75, 3.05) is 31.7 Å². The van der Waals surface area contributed by atoms with E-state index in [4.69, 9.17) is 25.8 Å². The van der Waals surface area contributed by atoms with Gasteiger partial charge in [-0.15, -0.1) is 0 Å². The Hall–Kier alpha value is -2.40. The normalized spacial score (nSPS) is 10.1. The van der Waals surface area contributed by atoms with Crippen molar-refractivity contribution in [3.05, 3.63) is 53.6 Å². The summed E-state index contributed by atoms with van der Waals surface area (Å²) in [6.45, 7) is 3.57. The standard InChI is InChI=1S/C18H20ClNO4/c1-3-20(15-7-5-8-16(13-15)22-2)10-11-23-18(21)24-17-9-4-6-14(19)12-17/h4-9,12-13H,3,10-11H2,1-2H3. The van der Waals surface area contributed by atoms with Crippen molar-refractivity contribution < 1.29 is 19.0 Å². The monoisotopic (exact) mass is 349 g/mol. The first kappa shape index (κ1) is 17.9. The first-order valence-electron chi connectivity index (χ1n) is 7.61. The summed E-state index contributed by atoms with van der Waals surface area (Å²) in [6, 6.07) is 14.3. The van der Waals surface area contributed by atoms with E-state index in [-0.39, 0.29) is 6.61 Å². The van der Waals surface area contributed by atoms with Crippen LogP contribution in [0.3, 0.4) is 0 Å². The van der Waals surface area contributed by atoms with E-state index in [2.05, 4.69) is 4.90 Å². The van der Waals surface area contributed by atoms with E-state index in [9.17, 15) is 4.79 Å². The number of hydrogen-bond donors (Lipinski definition) is 0. The average Bonchev–Trinajstić information content (AvgIpc) is 2.59. The number of rotatable bonds is 7. The molecular weight excluding hydrogens is 330 g/mol. The highest BCUT2D eigenvalue weighted by molar-refractivity contribution is 6.30. The van der Waals surface area contributed by atoms with Crippen LogP contribution in [0.15, 0.2) is 48.5 Å². The third-order valence-corrected chi connectivity index (χ3v) is 3.61. The molecule has 6 heteroatoms. The van der Waals surface area contributed by atoms with E-state index in [1.54, 1.807) is 31.4 Å². The number of halogens is 1. The average molecular weight is 350 g/mol. The molecule has 0 spiro atoms. The van der Waals surface area contributed by atoms with Gasteiger partial charge in [-0.1, -0.05) is 23.7 Å². The molecule has 128 valence electrons. The number of hydrogen-bond acceptors (Lipinski definition) is 5. The van der Waals surface area contributed by atoms with Gasteiger partial charge in [-0.05, 0) is 37.3 Å². The zero-order valence-electron chi connectivity index (χ0n) is 13.7. The third-order valence-electron chi connectivity index (χ3n) is 3.38. The van der Waals surface area contributed by atoms with Crippen molar-refractivity contribution in [1.82, 2.24) is 0 Å². The smallest absolute Gasteiger partial charge is 0.497 e. The molecule has 0 amide bonds. The maximum Gasteiger partial charge on any atom is 0.513 e. The molecular formula is C18H20ClNO4. The lowest BCUT2D eigenvalue weighted by Gasteiger charge is -2.23. The zero-order valence-corrected chi connectivity index (χ0v) is 14.5. The van der Waals surface area contributed by atoms with Crippen molar-refractivity contribution in [2.24, 2.45) is 0 Å². The molecule has 0 N–H and O–H groups in total. The minimum atomic E-state index is -0.751. The van der Waals surface area contributed by atoms with Crippen molar-refractivity contribution in [1.29, 1.82) is 0 Å². The summed E-state index contributed by atoms with van der Waals surface area (Å²) < 4.78 is 15.4. The summed E-state index contributed by atoms with van der Waals surface area (Å²) in [4.78, 5) is 13.8. The fourth-order valence-corrected chi connectivity index (χ4v) is 2.35. The van der Waals surface area contributed by atoms with Gasteiger partial charge in [0.2, 0.25) is 0 Å². The molecule has 2 aromatic carbocycles. The maximum atomic E-state index is 11.7. The minimum absolute atomic E-state index is 0.213. The lowest BCUT2D eigenvalue weighted by molar-refractivity contribution is 0.101. The molecule has 2 rings (SSSR count). The van der Waals surface area contributed by atoms with Crippen molar-refractivity contribution in [2.45, 2.75) is 6.92 Å². The topological polar surface area (TPSA) is 48.0 Å². The van der Waals surface area contributed by atoms with Gasteiger partial charge in [-0.3, -0.25) is 0 Å². The fourth-order valence-electron chi connectivity index (χ4n) is 2.17. The molecule has 0 radical (unpaired) electrons. The number of nitrogens with zero attached hydrogens (tertiary/aromatic N) is 1. The Bertz CT molecular complexity index is 678. The van der Waals surface area contributed by atoms with E-state index in [1.807, 2.05) is 31.2 Å². The van der Waals surface area contributed by atoms with Gasteiger partial charge in [-0.2, -0.15) is 0 Å². The number of anilines is 1. The van der Waals surface area contributed by atoms with Crippen LogP contribution in [0.1, 0.15) is 6.92 Å². The fraction of sp³-hybridized carbons (Fsp3) is 0.278. The largest absolute Gasteiger partial charge is 0.513 e. The molecule has 0 fully saturated rings. The van der Waals surface area contributed by atoms with E-state index in [0.29, 0.717) is 17.3 Å². The summed E-state index contributed by atoms with van der Waals surface area (Å²) in [5, 5.41) is 0.496. The second-order valence-corrected chi connectivity index (χ2v) is 5.38. The summed E-state index contributed by atoms with van der Waals surface area (Å²) in [7, 11) is 1.63. The van der Waals surface area contributed by atoms with Gasteiger partial charge in [0.1, 0.15) is 18.1 Å². The Morgan fingerprint density at radius 2 is 1.88 bits per heavy atom. The van der Waals surface area contributed by atoms with Crippen molar-refractivity contribution in [3.8, 4) is 11.5 Å². The van der Waals surface area contributed by atoms with Crippen LogP contribution in [0.4, 0.5) is 10.5 Å². The van der Waals surface area contributed by atoms with Gasteiger partial charge in [-0.25, -0.2) is 4.79 Å². The van der Waals surface area contributed by atoms with Gasteiger partial charge in [0.05, 0.1) is 13.7 Å². The second-order valence-electron chi connectivity index (χ2n) is 4.94. The Morgan fingerprint density at radius 3 is 2.58 bits per heavy atom. The van der Waals surface area contributed by atoms with Crippen LogP contribution >= 0.6 is 11.6 Å². The number of ether oxygens (including phenoxy) is 3. The van der Waals surface area contributed by atoms with Crippen LogP contribution in [-0.2, 0) is 4.74 Å². The number of methoxy groups -OCH3 is 1. The highest BCUT2D eigenvalue weighted by atomic mass is 35.5. The number of carbonyl (C=O) groups excluding carboxylic acids is 1. The van der Waals surface area contributed by atoms with Gasteiger partial charge in [0.25, 0.3) is 0 Å². The number of likely N-dealkylation sites (N-methyl/N-ethyl adjacent to an activating group) is 1. The van der Waals surface area contributed by atoms with Crippen LogP contribution in [0.2, 0.25) is 5.02 Å². The molecule has 0 saturated heterocycles. The molecule has 0 aliphatic carbocycles. The van der Waals surface area contributed by atoms with E-state index < -0.39 is 6.16 Å². The van der Waals surface area contributed by atoms with E-state index >= 15 is 0 Å². The maximum absolute atomic E-state index is 11.7. The quantitative estimate of drug-likeness (QED) is 0.548. The predicted molar refractivity (Wildman–Crippen MR) is 94.3 cm³/mol. The predicted octanol–water partition coefficient (Wildman–Crippen LogP) is 4.39. The van der Waals surface area contributed by atoms with Gasteiger partial charge in [0.15, 0.2) is 0 Å². The number of benzene rings is 2. The Morgan fingerprint density at radius 1 is 1.12 bits per heavy atom. The number of carbonyl (C=O) groups is 1. The second kappa shape index (κ2) is 9.03. The van der Waals surface area contributed by atoms with E-state index in [0.717, 1.165) is 18.0 Å². The molecule has 0 unspecified atom stereocenters. The molecule has 2 aromatic rings. The van der Waals surface area contributed by atoms with Crippen LogP contribution in [0.5, 0.6) is 11.5 Å². The Balaban J connectivity index is 1.83. The Kier molecular flexibility index (Phi) is 6.75. The summed E-state index contributed by atoms with van der Waals surface area (Å²) >= 11 is 5.84. The lowest BCUT2D eigenvalue weighted by Crippen LogP contribution is -2.28. The van der Waals surface area contributed by atoms with Crippen LogP contribution in [0.25, 0.3) is 0 Å². The lowest BCUT2D eigenvalue weighted by atomic mass is 10.2. The van der Waals surface area contributed by atoms with Crippen LogP contribution < -0.4 is 14.4 Å². The van der Waals surface area contributed by atoms with Gasteiger partial charge in [0, 0.05) is 23.3 Å². The summed E-state index contributed by atoms with van der Waals surface area (Å²) in [5.74, 6) is 1.14. The Labute approximate surface area is 146 Å². The minimum Gasteiger partial charge on any atom is -0.497 e. The molecule has 5 nitrogen and oxygen atoms in total. The zero-order chi connectivity index (χ0) is 17.4.